The molecule has 0 saturated carbocycles. The van der Waals surface area contributed by atoms with Gasteiger partial charge >= 0.3 is 5.97 Å². The van der Waals surface area contributed by atoms with Crippen molar-refractivity contribution in [3.8, 4) is 0 Å². The molecule has 0 aliphatic heterocycles. The van der Waals surface area contributed by atoms with Crippen molar-refractivity contribution in [3.63, 3.8) is 0 Å². The van der Waals surface area contributed by atoms with E-state index in [0.29, 0.717) is 11.1 Å². The van der Waals surface area contributed by atoms with Crippen LogP contribution >= 0.6 is 0 Å². The Labute approximate surface area is 157 Å². The summed E-state index contributed by atoms with van der Waals surface area (Å²) >= 11 is 0. The molecule has 0 saturated heterocycles. The van der Waals surface area contributed by atoms with E-state index in [1.165, 1.54) is 19.1 Å². The lowest BCUT2D eigenvalue weighted by molar-refractivity contribution is -0.137. The van der Waals surface area contributed by atoms with Crippen LogP contribution in [0.1, 0.15) is 12.5 Å². The maximum atomic E-state index is 12.9. The molecule has 0 amide bonds. The van der Waals surface area contributed by atoms with E-state index in [2.05, 4.69) is 5.32 Å². The van der Waals surface area contributed by atoms with Crippen LogP contribution in [0.2, 0.25) is 0 Å². The molecule has 0 bridgehead atoms. The predicted molar refractivity (Wildman–Crippen MR) is 107 cm³/mol. The smallest absolute Gasteiger partial charge is 0.325 e. The van der Waals surface area contributed by atoms with Crippen molar-refractivity contribution in [1.82, 2.24) is 0 Å². The Morgan fingerprint density at radius 3 is 2.37 bits per heavy atom. The number of nitrogens with one attached hydrogen (secondary N) is 1. The predicted octanol–water partition coefficient (Wildman–Crippen LogP) is 4.17. The van der Waals surface area contributed by atoms with Gasteiger partial charge in [0.2, 0.25) is 9.84 Å². The average Bonchev–Trinajstić information content (AvgIpc) is 2.67. The quantitative estimate of drug-likeness (QED) is 0.670. The third kappa shape index (κ3) is 4.17. The van der Waals surface area contributed by atoms with Crippen LogP contribution in [0.4, 0.5) is 5.69 Å². The first-order chi connectivity index (χ1) is 12.9. The summed E-state index contributed by atoms with van der Waals surface area (Å²) in [5, 5.41) is 14.7. The van der Waals surface area contributed by atoms with E-state index in [0.717, 1.165) is 16.4 Å². The second-order valence-electron chi connectivity index (χ2n) is 6.12. The highest BCUT2D eigenvalue weighted by atomic mass is 32.2. The summed E-state index contributed by atoms with van der Waals surface area (Å²) in [5.41, 5.74) is 1.05. The van der Waals surface area contributed by atoms with Gasteiger partial charge in [-0.1, -0.05) is 60.7 Å². The molecule has 5 nitrogen and oxygen atoms in total. The first-order valence-corrected chi connectivity index (χ1v) is 9.92. The Balaban J connectivity index is 2.12. The molecular formula is C21H19NO4S. The van der Waals surface area contributed by atoms with Gasteiger partial charge in [0.25, 0.3) is 0 Å². The Morgan fingerprint density at radius 2 is 1.67 bits per heavy atom. The van der Waals surface area contributed by atoms with Gasteiger partial charge in [0, 0.05) is 10.8 Å². The molecule has 0 aliphatic carbocycles. The van der Waals surface area contributed by atoms with E-state index < -0.39 is 21.8 Å². The number of aliphatic carboxylic acids is 1. The van der Waals surface area contributed by atoms with E-state index in [-0.39, 0.29) is 4.90 Å². The Kier molecular flexibility index (Phi) is 5.28. The molecule has 1 atom stereocenters. The zero-order chi connectivity index (χ0) is 19.4. The maximum Gasteiger partial charge on any atom is 0.325 e. The molecule has 0 fully saturated rings. The number of hydrogen-bond acceptors (Lipinski definition) is 4. The van der Waals surface area contributed by atoms with Gasteiger partial charge in [-0.25, -0.2) is 8.42 Å². The zero-order valence-corrected chi connectivity index (χ0v) is 15.5. The van der Waals surface area contributed by atoms with E-state index >= 15 is 0 Å². The number of carboxylic acid groups (broad SMARTS) is 1. The van der Waals surface area contributed by atoms with Crippen molar-refractivity contribution in [1.29, 1.82) is 0 Å². The topological polar surface area (TPSA) is 83.5 Å². The van der Waals surface area contributed by atoms with Gasteiger partial charge in [0.05, 0.1) is 10.6 Å². The molecule has 138 valence electrons. The summed E-state index contributed by atoms with van der Waals surface area (Å²) in [6, 6.07) is 18.6. The second kappa shape index (κ2) is 7.63. The number of hydrogen-bond donors (Lipinski definition) is 2. The van der Waals surface area contributed by atoms with Crippen LogP contribution in [0, 0.1) is 0 Å². The van der Waals surface area contributed by atoms with E-state index in [1.807, 2.05) is 30.3 Å². The second-order valence-corrected chi connectivity index (χ2v) is 7.92. The fourth-order valence-corrected chi connectivity index (χ4v) is 3.92. The van der Waals surface area contributed by atoms with Gasteiger partial charge < -0.3 is 10.4 Å². The molecule has 0 spiro atoms. The highest BCUT2D eigenvalue weighted by molar-refractivity contribution is 7.94. The zero-order valence-electron chi connectivity index (χ0n) is 14.7. The van der Waals surface area contributed by atoms with E-state index in [9.17, 15) is 18.3 Å². The minimum Gasteiger partial charge on any atom is -0.480 e. The number of benzene rings is 3. The van der Waals surface area contributed by atoms with Crippen LogP contribution < -0.4 is 5.32 Å². The molecule has 0 heterocycles. The minimum atomic E-state index is -3.79. The molecule has 1 unspecified atom stereocenters. The summed E-state index contributed by atoms with van der Waals surface area (Å²) in [7, 11) is -3.79. The van der Waals surface area contributed by atoms with Crippen LogP contribution in [0.3, 0.4) is 0 Å². The summed E-state index contributed by atoms with van der Waals surface area (Å²) in [5.74, 6) is -1.06. The molecule has 0 aromatic heterocycles. The van der Waals surface area contributed by atoms with Crippen molar-refractivity contribution in [3.05, 3.63) is 77.7 Å². The highest BCUT2D eigenvalue weighted by Crippen LogP contribution is 2.32. The third-order valence-corrected chi connectivity index (χ3v) is 5.62. The van der Waals surface area contributed by atoms with Crippen LogP contribution in [-0.2, 0) is 14.6 Å². The number of sulfone groups is 1. The average molecular weight is 381 g/mol. The van der Waals surface area contributed by atoms with E-state index in [1.54, 1.807) is 30.3 Å². The van der Waals surface area contributed by atoms with Crippen molar-refractivity contribution in [2.45, 2.75) is 17.9 Å². The molecule has 3 rings (SSSR count). The molecule has 0 aliphatic rings. The van der Waals surface area contributed by atoms with Crippen LogP contribution in [0.15, 0.2) is 77.0 Å². The Bertz CT molecular complexity index is 1110. The number of anilines is 1. The summed E-state index contributed by atoms with van der Waals surface area (Å²) in [4.78, 5) is 11.3. The Hall–Kier alpha value is -3.12. The third-order valence-electron chi connectivity index (χ3n) is 4.17. The molecule has 6 heteroatoms. The minimum absolute atomic E-state index is 0.0430. The normalized spacial score (nSPS) is 12.9. The molecule has 0 radical (unpaired) electrons. The molecule has 2 N–H and O–H groups in total. The fourth-order valence-electron chi connectivity index (χ4n) is 2.72. The van der Waals surface area contributed by atoms with Crippen LogP contribution in [-0.4, -0.2) is 25.5 Å². The number of fused-ring (bicyclic) bond motifs is 1. The van der Waals surface area contributed by atoms with Gasteiger partial charge in [-0.3, -0.25) is 4.79 Å². The number of rotatable bonds is 6. The van der Waals surface area contributed by atoms with Crippen molar-refractivity contribution >= 4 is 38.3 Å². The van der Waals surface area contributed by atoms with Crippen LogP contribution in [0.5, 0.6) is 0 Å². The van der Waals surface area contributed by atoms with E-state index in [4.69, 9.17) is 0 Å². The molecular weight excluding hydrogens is 362 g/mol. The highest BCUT2D eigenvalue weighted by Gasteiger charge is 2.21. The number of carboxylic acids is 1. The van der Waals surface area contributed by atoms with Gasteiger partial charge in [-0.15, -0.1) is 0 Å². The van der Waals surface area contributed by atoms with Gasteiger partial charge in [-0.2, -0.15) is 0 Å². The molecule has 3 aromatic rings. The standard InChI is InChI=1S/C21H19NO4S/c1-15(21(23)24)22-20-18-10-6-5-9-17(18)11-12-19(20)27(25,26)14-13-16-7-3-2-4-8-16/h2-15,22H,1H3,(H,23,24)/b14-13+. The summed E-state index contributed by atoms with van der Waals surface area (Å²) < 4.78 is 25.9. The first-order valence-electron chi connectivity index (χ1n) is 8.38. The van der Waals surface area contributed by atoms with Crippen molar-refractivity contribution in [2.75, 3.05) is 5.32 Å². The molecule has 3 aromatic carbocycles. The SMILES string of the molecule is CC(Nc1c(S(=O)(=O)/C=C/c2ccccc2)ccc2ccccc12)C(=O)O. The summed E-state index contributed by atoms with van der Waals surface area (Å²) in [6.07, 6.45) is 1.52. The maximum absolute atomic E-state index is 12.9. The van der Waals surface area contributed by atoms with Crippen molar-refractivity contribution in [2.24, 2.45) is 0 Å². The lowest BCUT2D eigenvalue weighted by Gasteiger charge is -2.17. The molecule has 27 heavy (non-hydrogen) atoms. The lowest BCUT2D eigenvalue weighted by Crippen LogP contribution is -2.26. The van der Waals surface area contributed by atoms with Gasteiger partial charge in [0.1, 0.15) is 6.04 Å². The monoisotopic (exact) mass is 381 g/mol. The Morgan fingerprint density at radius 1 is 1.00 bits per heavy atom. The fraction of sp³-hybridized carbons (Fsp3) is 0.0952. The largest absolute Gasteiger partial charge is 0.480 e. The van der Waals surface area contributed by atoms with Gasteiger partial charge in [-0.05, 0) is 30.0 Å². The van der Waals surface area contributed by atoms with Crippen molar-refractivity contribution < 1.29 is 18.3 Å². The van der Waals surface area contributed by atoms with Crippen LogP contribution in [0.25, 0.3) is 16.8 Å². The lowest BCUT2D eigenvalue weighted by atomic mass is 10.1. The van der Waals surface area contributed by atoms with Gasteiger partial charge in [0.15, 0.2) is 0 Å². The summed E-state index contributed by atoms with van der Waals surface area (Å²) in [6.45, 7) is 1.47. The number of carbonyl (C=O) groups is 1. The first kappa shape index (κ1) is 18.7.